The predicted molar refractivity (Wildman–Crippen MR) is 54.2 cm³/mol. The average molecular weight is 193 g/mol. The second-order valence-electron chi connectivity index (χ2n) is 3.74. The molecule has 0 radical (unpaired) electrons. The largest absolute Gasteiger partial charge is 0.481 e. The Balaban J connectivity index is 3.12. The van der Waals surface area contributed by atoms with E-state index in [2.05, 4.69) is 4.98 Å². The Morgan fingerprint density at radius 3 is 2.57 bits per heavy atom. The minimum atomic E-state index is -0.781. The number of carbonyl (C=O) groups is 1. The van der Waals surface area contributed by atoms with Crippen molar-refractivity contribution in [1.29, 1.82) is 0 Å². The van der Waals surface area contributed by atoms with Crippen molar-refractivity contribution in [3.63, 3.8) is 0 Å². The zero-order valence-corrected chi connectivity index (χ0v) is 8.69. The fourth-order valence-electron chi connectivity index (χ4n) is 1.60. The van der Waals surface area contributed by atoms with Crippen molar-refractivity contribution in [2.45, 2.75) is 26.7 Å². The van der Waals surface area contributed by atoms with Crippen LogP contribution in [0.5, 0.6) is 0 Å². The molecule has 1 heterocycles. The van der Waals surface area contributed by atoms with Gasteiger partial charge < -0.3 is 5.11 Å². The van der Waals surface area contributed by atoms with E-state index in [1.54, 1.807) is 12.3 Å². The molecule has 1 aromatic rings. The molecule has 0 aromatic carbocycles. The summed E-state index contributed by atoms with van der Waals surface area (Å²) < 4.78 is 0. The molecule has 14 heavy (non-hydrogen) atoms. The molecule has 1 rings (SSSR count). The second-order valence-corrected chi connectivity index (χ2v) is 3.74. The lowest BCUT2D eigenvalue weighted by Gasteiger charge is -2.17. The standard InChI is InChI=1S/C11H15NO2/c1-7(2)10(11(13)14)9-5-4-6-12-8(9)3/h4-7,10H,1-3H3,(H,13,14). The number of aliphatic carboxylic acids is 1. The van der Waals surface area contributed by atoms with E-state index >= 15 is 0 Å². The molecule has 0 fully saturated rings. The van der Waals surface area contributed by atoms with Gasteiger partial charge in [0.15, 0.2) is 0 Å². The number of aromatic nitrogens is 1. The maximum Gasteiger partial charge on any atom is 0.311 e. The van der Waals surface area contributed by atoms with Crippen molar-refractivity contribution in [2.24, 2.45) is 5.92 Å². The monoisotopic (exact) mass is 193 g/mol. The van der Waals surface area contributed by atoms with Crippen LogP contribution in [0.3, 0.4) is 0 Å². The molecule has 0 saturated heterocycles. The van der Waals surface area contributed by atoms with E-state index in [0.717, 1.165) is 11.3 Å². The average Bonchev–Trinajstić information content (AvgIpc) is 2.07. The topological polar surface area (TPSA) is 50.2 Å². The number of carboxylic acids is 1. The molecule has 3 nitrogen and oxygen atoms in total. The zero-order valence-electron chi connectivity index (χ0n) is 8.69. The Morgan fingerprint density at radius 2 is 2.14 bits per heavy atom. The van der Waals surface area contributed by atoms with Crippen molar-refractivity contribution in [3.05, 3.63) is 29.6 Å². The van der Waals surface area contributed by atoms with Gasteiger partial charge >= 0.3 is 5.97 Å². The van der Waals surface area contributed by atoms with Gasteiger partial charge in [-0.05, 0) is 24.5 Å². The highest BCUT2D eigenvalue weighted by molar-refractivity contribution is 5.76. The molecule has 0 amide bonds. The van der Waals surface area contributed by atoms with Gasteiger partial charge in [0.25, 0.3) is 0 Å². The highest BCUT2D eigenvalue weighted by Crippen LogP contribution is 2.26. The van der Waals surface area contributed by atoms with Gasteiger partial charge in [-0.3, -0.25) is 9.78 Å². The summed E-state index contributed by atoms with van der Waals surface area (Å²) in [6.45, 7) is 5.66. The normalized spacial score (nSPS) is 12.9. The molecule has 0 spiro atoms. The van der Waals surface area contributed by atoms with E-state index in [4.69, 9.17) is 5.11 Å². The van der Waals surface area contributed by atoms with Crippen LogP contribution in [0.2, 0.25) is 0 Å². The first-order chi connectivity index (χ1) is 6.54. The summed E-state index contributed by atoms with van der Waals surface area (Å²) in [7, 11) is 0. The van der Waals surface area contributed by atoms with E-state index < -0.39 is 11.9 Å². The fourth-order valence-corrected chi connectivity index (χ4v) is 1.60. The number of rotatable bonds is 3. The molecule has 3 heteroatoms. The van der Waals surface area contributed by atoms with Crippen LogP contribution in [0.1, 0.15) is 31.0 Å². The summed E-state index contributed by atoms with van der Waals surface area (Å²) in [5, 5.41) is 9.09. The number of hydrogen-bond acceptors (Lipinski definition) is 2. The van der Waals surface area contributed by atoms with E-state index in [9.17, 15) is 4.79 Å². The molecule has 0 aliphatic rings. The first-order valence-electron chi connectivity index (χ1n) is 4.68. The number of pyridine rings is 1. The molecule has 76 valence electrons. The molecule has 1 unspecified atom stereocenters. The summed E-state index contributed by atoms with van der Waals surface area (Å²) >= 11 is 0. The van der Waals surface area contributed by atoms with Gasteiger partial charge in [0, 0.05) is 11.9 Å². The van der Waals surface area contributed by atoms with Gasteiger partial charge in [-0.2, -0.15) is 0 Å². The molecular formula is C11H15NO2. The molecule has 1 atom stereocenters. The summed E-state index contributed by atoms with van der Waals surface area (Å²) in [5.74, 6) is -1.16. The zero-order chi connectivity index (χ0) is 10.7. The van der Waals surface area contributed by atoms with Crippen molar-refractivity contribution < 1.29 is 9.90 Å². The highest BCUT2D eigenvalue weighted by atomic mass is 16.4. The van der Waals surface area contributed by atoms with E-state index in [1.807, 2.05) is 26.8 Å². The number of nitrogens with zero attached hydrogens (tertiary/aromatic N) is 1. The van der Waals surface area contributed by atoms with Crippen LogP contribution >= 0.6 is 0 Å². The van der Waals surface area contributed by atoms with Crippen LogP contribution in [0.25, 0.3) is 0 Å². The quantitative estimate of drug-likeness (QED) is 0.800. The van der Waals surface area contributed by atoms with Crippen molar-refractivity contribution >= 4 is 5.97 Å². The van der Waals surface area contributed by atoms with Crippen LogP contribution in [-0.4, -0.2) is 16.1 Å². The van der Waals surface area contributed by atoms with Crippen LogP contribution in [0.4, 0.5) is 0 Å². The summed E-state index contributed by atoms with van der Waals surface area (Å²) in [4.78, 5) is 15.2. The summed E-state index contributed by atoms with van der Waals surface area (Å²) in [5.41, 5.74) is 1.61. The van der Waals surface area contributed by atoms with Crippen molar-refractivity contribution in [1.82, 2.24) is 4.98 Å². The Hall–Kier alpha value is -1.38. The maximum absolute atomic E-state index is 11.1. The lowest BCUT2D eigenvalue weighted by molar-refractivity contribution is -0.139. The predicted octanol–water partition coefficient (Wildman–Crippen LogP) is 2.21. The Labute approximate surface area is 83.8 Å². The highest BCUT2D eigenvalue weighted by Gasteiger charge is 2.24. The van der Waals surface area contributed by atoms with Crippen LogP contribution in [0, 0.1) is 12.8 Å². The Morgan fingerprint density at radius 1 is 1.50 bits per heavy atom. The fraction of sp³-hybridized carbons (Fsp3) is 0.455. The number of hydrogen-bond donors (Lipinski definition) is 1. The smallest absolute Gasteiger partial charge is 0.311 e. The third-order valence-corrected chi connectivity index (χ3v) is 2.32. The minimum absolute atomic E-state index is 0.0791. The maximum atomic E-state index is 11.1. The molecule has 1 aromatic heterocycles. The van der Waals surface area contributed by atoms with Crippen LogP contribution in [0.15, 0.2) is 18.3 Å². The Kier molecular flexibility index (Phi) is 3.23. The third-order valence-electron chi connectivity index (χ3n) is 2.32. The molecule has 0 saturated carbocycles. The molecule has 0 bridgehead atoms. The Bertz CT molecular complexity index is 334. The molecular weight excluding hydrogens is 178 g/mol. The lowest BCUT2D eigenvalue weighted by Crippen LogP contribution is -2.18. The van der Waals surface area contributed by atoms with Gasteiger partial charge in [0.1, 0.15) is 0 Å². The van der Waals surface area contributed by atoms with Crippen molar-refractivity contribution in [2.75, 3.05) is 0 Å². The summed E-state index contributed by atoms with van der Waals surface area (Å²) in [6.07, 6.45) is 1.68. The van der Waals surface area contributed by atoms with Gasteiger partial charge in [-0.25, -0.2) is 0 Å². The van der Waals surface area contributed by atoms with Crippen LogP contribution < -0.4 is 0 Å². The van der Waals surface area contributed by atoms with Gasteiger partial charge in [-0.15, -0.1) is 0 Å². The molecule has 0 aliphatic carbocycles. The molecule has 1 N–H and O–H groups in total. The first kappa shape index (κ1) is 10.7. The van der Waals surface area contributed by atoms with Crippen LogP contribution in [-0.2, 0) is 4.79 Å². The van der Waals surface area contributed by atoms with E-state index in [1.165, 1.54) is 0 Å². The second kappa shape index (κ2) is 4.22. The SMILES string of the molecule is Cc1ncccc1C(C(=O)O)C(C)C. The van der Waals surface area contributed by atoms with E-state index in [0.29, 0.717) is 0 Å². The minimum Gasteiger partial charge on any atom is -0.481 e. The van der Waals surface area contributed by atoms with Gasteiger partial charge in [-0.1, -0.05) is 19.9 Å². The summed E-state index contributed by atoms with van der Waals surface area (Å²) in [6, 6.07) is 3.61. The van der Waals surface area contributed by atoms with Crippen molar-refractivity contribution in [3.8, 4) is 0 Å². The van der Waals surface area contributed by atoms with Gasteiger partial charge in [0.2, 0.25) is 0 Å². The lowest BCUT2D eigenvalue weighted by atomic mass is 9.88. The first-order valence-corrected chi connectivity index (χ1v) is 4.68. The van der Waals surface area contributed by atoms with Gasteiger partial charge in [0.05, 0.1) is 5.92 Å². The number of carboxylic acid groups (broad SMARTS) is 1. The number of aryl methyl sites for hydroxylation is 1. The third kappa shape index (κ3) is 2.10. The van der Waals surface area contributed by atoms with E-state index in [-0.39, 0.29) is 5.92 Å². The molecule has 0 aliphatic heterocycles.